The van der Waals surface area contributed by atoms with Crippen molar-refractivity contribution in [3.05, 3.63) is 11.3 Å². The third-order valence-corrected chi connectivity index (χ3v) is 3.87. The van der Waals surface area contributed by atoms with Crippen LogP contribution in [0, 0.1) is 5.41 Å². The summed E-state index contributed by atoms with van der Waals surface area (Å²) in [7, 11) is 0. The molecule has 1 aliphatic carbocycles. The number of ketones is 1. The van der Waals surface area contributed by atoms with E-state index in [9.17, 15) is 4.79 Å². The van der Waals surface area contributed by atoms with Crippen molar-refractivity contribution >= 4 is 5.78 Å². The average Bonchev–Trinajstić information content (AvgIpc) is 2.24. The first-order valence-electron chi connectivity index (χ1n) is 6.47. The maximum absolute atomic E-state index is 12.0. The number of likely N-dealkylation sites (tertiary alicyclic amines) is 1. The molecule has 0 spiro atoms. The Morgan fingerprint density at radius 1 is 1.06 bits per heavy atom. The normalized spacial score (nSPS) is 26.2. The highest BCUT2D eigenvalue weighted by Crippen LogP contribution is 2.38. The molecule has 90 valence electrons. The number of allylic oxidation sites excluding steroid dienone is 2. The Balaban J connectivity index is 2.22. The number of carbonyl (C=O) groups excluding carboxylic acids is 1. The minimum atomic E-state index is 0.156. The lowest BCUT2D eigenvalue weighted by atomic mass is 9.75. The van der Waals surface area contributed by atoms with E-state index in [-0.39, 0.29) is 5.41 Å². The summed E-state index contributed by atoms with van der Waals surface area (Å²) in [4.78, 5) is 14.4. The second-order valence-corrected chi connectivity index (χ2v) is 6.06. The van der Waals surface area contributed by atoms with E-state index in [1.54, 1.807) is 0 Å². The monoisotopic (exact) mass is 221 g/mol. The fourth-order valence-electron chi connectivity index (χ4n) is 2.89. The third-order valence-electron chi connectivity index (χ3n) is 3.87. The Labute approximate surface area is 98.7 Å². The van der Waals surface area contributed by atoms with Crippen LogP contribution < -0.4 is 0 Å². The summed E-state index contributed by atoms with van der Waals surface area (Å²) in [5.74, 6) is 0.358. The molecule has 0 N–H and O–H groups in total. The Morgan fingerprint density at radius 3 is 2.31 bits per heavy atom. The van der Waals surface area contributed by atoms with Crippen LogP contribution in [0.3, 0.4) is 0 Å². The van der Waals surface area contributed by atoms with Crippen LogP contribution in [-0.2, 0) is 4.79 Å². The zero-order valence-electron chi connectivity index (χ0n) is 10.8. The van der Waals surface area contributed by atoms with Crippen LogP contribution in [0.5, 0.6) is 0 Å². The molecule has 0 radical (unpaired) electrons. The summed E-state index contributed by atoms with van der Waals surface area (Å²) in [6.45, 7) is 8.73. The molecular weight excluding hydrogens is 198 g/mol. The fraction of sp³-hybridized carbons (Fsp3) is 0.786. The van der Waals surface area contributed by atoms with Crippen LogP contribution in [-0.4, -0.2) is 23.8 Å². The van der Waals surface area contributed by atoms with Gasteiger partial charge < -0.3 is 4.90 Å². The van der Waals surface area contributed by atoms with E-state index in [2.05, 4.69) is 18.7 Å². The van der Waals surface area contributed by atoms with E-state index in [0.29, 0.717) is 5.78 Å². The number of piperidine rings is 1. The zero-order valence-corrected chi connectivity index (χ0v) is 10.8. The molecule has 0 atom stereocenters. The predicted molar refractivity (Wildman–Crippen MR) is 66.1 cm³/mol. The highest BCUT2D eigenvalue weighted by atomic mass is 16.1. The predicted octanol–water partition coefficient (Wildman–Crippen LogP) is 3.14. The average molecular weight is 221 g/mol. The summed E-state index contributed by atoms with van der Waals surface area (Å²) < 4.78 is 0. The maximum Gasteiger partial charge on any atom is 0.160 e. The van der Waals surface area contributed by atoms with Gasteiger partial charge in [0.2, 0.25) is 0 Å². The minimum Gasteiger partial charge on any atom is -0.374 e. The highest BCUT2D eigenvalue weighted by molar-refractivity contribution is 5.96. The summed E-state index contributed by atoms with van der Waals surface area (Å²) >= 11 is 0. The first-order valence-corrected chi connectivity index (χ1v) is 6.47. The van der Waals surface area contributed by atoms with Crippen LogP contribution >= 0.6 is 0 Å². The molecule has 2 nitrogen and oxygen atoms in total. The van der Waals surface area contributed by atoms with E-state index < -0.39 is 0 Å². The van der Waals surface area contributed by atoms with Gasteiger partial charge >= 0.3 is 0 Å². The summed E-state index contributed by atoms with van der Waals surface area (Å²) in [6.07, 6.45) is 5.71. The number of nitrogens with zero attached hydrogens (tertiary/aromatic N) is 1. The number of Topliss-reactive ketones (excluding diaryl/α,β-unsaturated/α-hetero) is 1. The van der Waals surface area contributed by atoms with Gasteiger partial charge in [-0.1, -0.05) is 13.8 Å². The molecule has 0 amide bonds. The van der Waals surface area contributed by atoms with Crippen LogP contribution in [0.4, 0.5) is 0 Å². The van der Waals surface area contributed by atoms with Gasteiger partial charge in [-0.3, -0.25) is 4.79 Å². The van der Waals surface area contributed by atoms with Gasteiger partial charge in [0.05, 0.1) is 0 Å². The lowest BCUT2D eigenvalue weighted by molar-refractivity contribution is -0.118. The van der Waals surface area contributed by atoms with Gasteiger partial charge in [0, 0.05) is 30.8 Å². The van der Waals surface area contributed by atoms with Crippen LogP contribution in [0.2, 0.25) is 0 Å². The molecule has 2 rings (SSSR count). The second kappa shape index (κ2) is 4.23. The van der Waals surface area contributed by atoms with E-state index in [1.165, 1.54) is 25.0 Å². The topological polar surface area (TPSA) is 20.3 Å². The molecule has 0 aromatic carbocycles. The van der Waals surface area contributed by atoms with Crippen molar-refractivity contribution in [2.75, 3.05) is 13.1 Å². The van der Waals surface area contributed by atoms with Gasteiger partial charge in [-0.15, -0.1) is 0 Å². The van der Waals surface area contributed by atoms with Gasteiger partial charge in [-0.2, -0.15) is 0 Å². The summed E-state index contributed by atoms with van der Waals surface area (Å²) in [6, 6.07) is 0. The second-order valence-electron chi connectivity index (χ2n) is 6.06. The molecule has 1 heterocycles. The molecule has 0 saturated carbocycles. The molecule has 2 heteroatoms. The Hall–Kier alpha value is -0.790. The van der Waals surface area contributed by atoms with Gasteiger partial charge in [0.15, 0.2) is 5.78 Å². The number of hydrogen-bond acceptors (Lipinski definition) is 2. The first-order chi connectivity index (χ1) is 7.49. The summed E-state index contributed by atoms with van der Waals surface area (Å²) in [5.41, 5.74) is 2.52. The largest absolute Gasteiger partial charge is 0.374 e. The van der Waals surface area contributed by atoms with Crippen molar-refractivity contribution in [1.29, 1.82) is 0 Å². The molecular formula is C14H23NO. The van der Waals surface area contributed by atoms with Crippen molar-refractivity contribution in [3.63, 3.8) is 0 Å². The van der Waals surface area contributed by atoms with Gasteiger partial charge in [-0.05, 0) is 38.0 Å². The molecule has 0 unspecified atom stereocenters. The van der Waals surface area contributed by atoms with Crippen molar-refractivity contribution < 1.29 is 4.79 Å². The van der Waals surface area contributed by atoms with Crippen molar-refractivity contribution in [2.45, 2.75) is 52.9 Å². The van der Waals surface area contributed by atoms with Crippen LogP contribution in [0.25, 0.3) is 0 Å². The molecule has 0 aromatic heterocycles. The molecule has 1 saturated heterocycles. The van der Waals surface area contributed by atoms with Gasteiger partial charge in [0.1, 0.15) is 0 Å². The Kier molecular flexibility index (Phi) is 3.09. The van der Waals surface area contributed by atoms with Crippen LogP contribution in [0.15, 0.2) is 11.3 Å². The van der Waals surface area contributed by atoms with Crippen molar-refractivity contribution in [1.82, 2.24) is 4.90 Å². The molecule has 1 fully saturated rings. The highest BCUT2D eigenvalue weighted by Gasteiger charge is 2.33. The van der Waals surface area contributed by atoms with E-state index in [4.69, 9.17) is 0 Å². The van der Waals surface area contributed by atoms with E-state index in [1.807, 2.05) is 6.92 Å². The number of hydrogen-bond donors (Lipinski definition) is 0. The first kappa shape index (κ1) is 11.7. The van der Waals surface area contributed by atoms with Crippen molar-refractivity contribution in [3.8, 4) is 0 Å². The van der Waals surface area contributed by atoms with E-state index >= 15 is 0 Å². The fourth-order valence-corrected chi connectivity index (χ4v) is 2.89. The summed E-state index contributed by atoms with van der Waals surface area (Å²) in [5, 5.41) is 0. The Morgan fingerprint density at radius 2 is 1.69 bits per heavy atom. The maximum atomic E-state index is 12.0. The smallest absolute Gasteiger partial charge is 0.160 e. The molecule has 1 aliphatic heterocycles. The molecule has 0 bridgehead atoms. The zero-order chi connectivity index (χ0) is 11.8. The SMILES string of the molecule is CC1=C(N2CCCCC2)CC(C)(C)CC1=O. The van der Waals surface area contributed by atoms with E-state index in [0.717, 1.165) is 31.5 Å². The lowest BCUT2D eigenvalue weighted by Crippen LogP contribution is -2.36. The van der Waals surface area contributed by atoms with Gasteiger partial charge in [0.25, 0.3) is 0 Å². The lowest BCUT2D eigenvalue weighted by Gasteiger charge is -2.39. The third kappa shape index (κ3) is 2.31. The standard InChI is InChI=1S/C14H23NO/c1-11-12(15-7-5-4-6-8-15)9-14(2,3)10-13(11)16/h4-10H2,1-3H3. The molecule has 2 aliphatic rings. The quantitative estimate of drug-likeness (QED) is 0.678. The molecule has 16 heavy (non-hydrogen) atoms. The number of rotatable bonds is 1. The van der Waals surface area contributed by atoms with Crippen molar-refractivity contribution in [2.24, 2.45) is 5.41 Å². The Bertz CT molecular complexity index is 322. The molecule has 0 aromatic rings. The van der Waals surface area contributed by atoms with Crippen LogP contribution in [0.1, 0.15) is 52.9 Å². The van der Waals surface area contributed by atoms with Gasteiger partial charge in [-0.25, -0.2) is 0 Å². The minimum absolute atomic E-state index is 0.156. The number of carbonyl (C=O) groups is 1.